The van der Waals surface area contributed by atoms with Gasteiger partial charge in [0, 0.05) is 12.6 Å². The van der Waals surface area contributed by atoms with Gasteiger partial charge in [0.15, 0.2) is 0 Å². The van der Waals surface area contributed by atoms with Crippen LogP contribution in [-0.2, 0) is 0 Å². The van der Waals surface area contributed by atoms with Crippen LogP contribution in [0.1, 0.15) is 57.3 Å². The van der Waals surface area contributed by atoms with E-state index in [4.69, 9.17) is 0 Å². The van der Waals surface area contributed by atoms with Gasteiger partial charge < -0.3 is 15.5 Å². The first kappa shape index (κ1) is 16.2. The van der Waals surface area contributed by atoms with Gasteiger partial charge in [0.05, 0.1) is 12.2 Å². The maximum Gasteiger partial charge on any atom is 0.0914 e. The molecule has 0 fully saturated rings. The molecule has 0 heterocycles. The van der Waals surface area contributed by atoms with Crippen molar-refractivity contribution in [2.24, 2.45) is 0 Å². The number of nitrogens with one attached hydrogen (secondary N) is 1. The average Bonchev–Trinajstić information content (AvgIpc) is 2.35. The molecule has 108 valence electrons. The summed E-state index contributed by atoms with van der Waals surface area (Å²) < 4.78 is 0. The van der Waals surface area contributed by atoms with Crippen molar-refractivity contribution in [1.29, 1.82) is 0 Å². The zero-order chi connectivity index (χ0) is 14.4. The van der Waals surface area contributed by atoms with E-state index < -0.39 is 6.10 Å². The lowest BCUT2D eigenvalue weighted by Gasteiger charge is -2.19. The van der Waals surface area contributed by atoms with Gasteiger partial charge in [-0.15, -0.1) is 0 Å². The molecule has 0 bridgehead atoms. The molecule has 0 aliphatic heterocycles. The van der Waals surface area contributed by atoms with E-state index in [1.54, 1.807) is 6.92 Å². The summed E-state index contributed by atoms with van der Waals surface area (Å²) >= 11 is 0. The smallest absolute Gasteiger partial charge is 0.0914 e. The lowest BCUT2D eigenvalue weighted by atomic mass is 10.00. The molecule has 0 spiro atoms. The molecule has 1 rings (SSSR count). The predicted molar refractivity (Wildman–Crippen MR) is 79.3 cm³/mol. The van der Waals surface area contributed by atoms with Crippen LogP contribution in [0, 0.1) is 0 Å². The molecule has 0 aliphatic rings. The molecule has 0 saturated carbocycles. The van der Waals surface area contributed by atoms with Gasteiger partial charge in [-0.1, -0.05) is 38.1 Å². The van der Waals surface area contributed by atoms with Crippen LogP contribution in [0.4, 0.5) is 0 Å². The lowest BCUT2D eigenvalue weighted by Crippen LogP contribution is -2.32. The fourth-order valence-electron chi connectivity index (χ4n) is 2.13. The molecule has 0 aliphatic carbocycles. The highest BCUT2D eigenvalue weighted by Crippen LogP contribution is 2.18. The quantitative estimate of drug-likeness (QED) is 0.710. The van der Waals surface area contributed by atoms with Crippen molar-refractivity contribution in [2.75, 3.05) is 6.54 Å². The maximum atomic E-state index is 10.1. The molecule has 1 aromatic carbocycles. The Morgan fingerprint density at radius 1 is 0.947 bits per heavy atom. The molecular weight excluding hydrogens is 238 g/mol. The number of benzene rings is 1. The Labute approximate surface area is 116 Å². The molecular formula is C16H27NO2. The van der Waals surface area contributed by atoms with Gasteiger partial charge in [-0.25, -0.2) is 0 Å². The number of rotatable bonds is 7. The summed E-state index contributed by atoms with van der Waals surface area (Å²) in [7, 11) is 0. The van der Waals surface area contributed by atoms with Crippen molar-refractivity contribution in [3.8, 4) is 0 Å². The molecule has 1 aromatic rings. The van der Waals surface area contributed by atoms with E-state index in [1.165, 1.54) is 5.56 Å². The van der Waals surface area contributed by atoms with E-state index in [0.717, 1.165) is 5.56 Å². The number of hydrogen-bond acceptors (Lipinski definition) is 3. The third kappa shape index (κ3) is 5.72. The summed E-state index contributed by atoms with van der Waals surface area (Å²) in [6.45, 7) is 8.62. The van der Waals surface area contributed by atoms with Crippen LogP contribution in [0.25, 0.3) is 0 Å². The first-order valence-electron chi connectivity index (χ1n) is 7.09. The summed E-state index contributed by atoms with van der Waals surface area (Å²) in [5.41, 5.74) is 2.22. The first-order chi connectivity index (χ1) is 8.90. The van der Waals surface area contributed by atoms with Crippen molar-refractivity contribution in [1.82, 2.24) is 5.32 Å². The first-order valence-corrected chi connectivity index (χ1v) is 7.09. The molecule has 3 atom stereocenters. The Hall–Kier alpha value is -0.900. The zero-order valence-electron chi connectivity index (χ0n) is 12.4. The summed E-state index contributed by atoms with van der Waals surface area (Å²) in [5.74, 6) is 0.510. The van der Waals surface area contributed by atoms with E-state index >= 15 is 0 Å². The Bertz CT molecular complexity index is 360. The second kappa shape index (κ2) is 7.63. The topological polar surface area (TPSA) is 52.5 Å². The van der Waals surface area contributed by atoms with E-state index in [9.17, 15) is 10.2 Å². The van der Waals surface area contributed by atoms with Crippen LogP contribution in [-0.4, -0.2) is 28.9 Å². The van der Waals surface area contributed by atoms with Crippen LogP contribution >= 0.6 is 0 Å². The molecule has 3 nitrogen and oxygen atoms in total. The number of aliphatic hydroxyl groups is 2. The molecule has 3 N–H and O–H groups in total. The summed E-state index contributed by atoms with van der Waals surface area (Å²) in [6.07, 6.45) is -0.124. The summed E-state index contributed by atoms with van der Waals surface area (Å²) in [6, 6.07) is 8.32. The van der Waals surface area contributed by atoms with Crippen molar-refractivity contribution in [3.05, 3.63) is 35.4 Å². The minimum atomic E-state index is -0.502. The normalized spacial score (nSPS) is 16.4. The Morgan fingerprint density at radius 3 is 1.95 bits per heavy atom. The second-order valence-electron chi connectivity index (χ2n) is 5.73. The van der Waals surface area contributed by atoms with E-state index in [0.29, 0.717) is 18.9 Å². The monoisotopic (exact) mass is 265 g/mol. The molecule has 19 heavy (non-hydrogen) atoms. The van der Waals surface area contributed by atoms with Gasteiger partial charge in [-0.2, -0.15) is 0 Å². The lowest BCUT2D eigenvalue weighted by molar-refractivity contribution is 0.149. The third-order valence-corrected chi connectivity index (χ3v) is 3.34. The molecule has 3 heteroatoms. The van der Waals surface area contributed by atoms with Gasteiger partial charge in [-0.05, 0) is 37.3 Å². The van der Waals surface area contributed by atoms with E-state index in [2.05, 4.69) is 31.3 Å². The minimum Gasteiger partial charge on any atom is -0.393 e. The Balaban J connectivity index is 2.47. The van der Waals surface area contributed by atoms with Crippen LogP contribution < -0.4 is 5.32 Å². The van der Waals surface area contributed by atoms with Crippen LogP contribution in [0.3, 0.4) is 0 Å². The maximum absolute atomic E-state index is 10.1. The van der Waals surface area contributed by atoms with Crippen LogP contribution in [0.5, 0.6) is 0 Å². The largest absolute Gasteiger partial charge is 0.393 e. The average molecular weight is 265 g/mol. The fraction of sp³-hybridized carbons (Fsp3) is 0.625. The highest BCUT2D eigenvalue weighted by Gasteiger charge is 2.11. The van der Waals surface area contributed by atoms with E-state index in [-0.39, 0.29) is 12.1 Å². The summed E-state index contributed by atoms with van der Waals surface area (Å²) in [4.78, 5) is 0. The predicted octanol–water partition coefficient (Wildman–Crippen LogP) is 2.59. The highest BCUT2D eigenvalue weighted by molar-refractivity contribution is 5.26. The van der Waals surface area contributed by atoms with Gasteiger partial charge in [0.25, 0.3) is 0 Å². The molecule has 0 radical (unpaired) electrons. The van der Waals surface area contributed by atoms with Crippen molar-refractivity contribution in [2.45, 2.75) is 58.3 Å². The minimum absolute atomic E-state index is 0.199. The van der Waals surface area contributed by atoms with Crippen LogP contribution in [0.15, 0.2) is 24.3 Å². The van der Waals surface area contributed by atoms with E-state index in [1.807, 2.05) is 19.1 Å². The fourth-order valence-corrected chi connectivity index (χ4v) is 2.13. The Kier molecular flexibility index (Phi) is 6.49. The van der Waals surface area contributed by atoms with Crippen molar-refractivity contribution < 1.29 is 10.2 Å². The van der Waals surface area contributed by atoms with Crippen LogP contribution in [0.2, 0.25) is 0 Å². The van der Waals surface area contributed by atoms with Gasteiger partial charge in [-0.3, -0.25) is 0 Å². The van der Waals surface area contributed by atoms with Gasteiger partial charge in [0.1, 0.15) is 0 Å². The Morgan fingerprint density at radius 2 is 1.47 bits per heavy atom. The van der Waals surface area contributed by atoms with Gasteiger partial charge >= 0.3 is 0 Å². The van der Waals surface area contributed by atoms with Crippen molar-refractivity contribution in [3.63, 3.8) is 0 Å². The number of hydrogen-bond donors (Lipinski definition) is 3. The molecule has 0 aromatic heterocycles. The highest BCUT2D eigenvalue weighted by atomic mass is 16.3. The molecule has 0 amide bonds. The zero-order valence-corrected chi connectivity index (χ0v) is 12.4. The SMILES string of the molecule is CC(O)CC(C)NCC(O)c1ccc(C(C)C)cc1. The standard InChI is InChI=1S/C16H27NO2/c1-11(2)14-5-7-15(8-6-14)16(19)10-17-12(3)9-13(4)18/h5-8,11-13,16-19H,9-10H2,1-4H3. The third-order valence-electron chi connectivity index (χ3n) is 3.34. The molecule has 3 unspecified atom stereocenters. The van der Waals surface area contributed by atoms with Gasteiger partial charge in [0.2, 0.25) is 0 Å². The van der Waals surface area contributed by atoms with Crippen molar-refractivity contribution >= 4 is 0 Å². The second-order valence-corrected chi connectivity index (χ2v) is 5.73. The molecule has 0 saturated heterocycles. The summed E-state index contributed by atoms with van der Waals surface area (Å²) in [5, 5.41) is 22.6. The number of aliphatic hydroxyl groups excluding tert-OH is 2.